The normalized spacial score (nSPS) is 13.2. The fourth-order valence-electron chi connectivity index (χ4n) is 2.30. The maximum absolute atomic E-state index is 12.5. The van der Waals surface area contributed by atoms with Gasteiger partial charge in [0, 0.05) is 22.1 Å². The molecular weight excluding hydrogens is 396 g/mol. The first-order valence-electron chi connectivity index (χ1n) is 8.11. The lowest BCUT2D eigenvalue weighted by molar-refractivity contribution is -0.121. The van der Waals surface area contributed by atoms with Crippen LogP contribution in [-0.2, 0) is 14.8 Å². The molecule has 0 saturated heterocycles. The molecule has 0 unspecified atom stereocenters. The largest absolute Gasteiger partial charge is 0.495 e. The van der Waals surface area contributed by atoms with Crippen LogP contribution in [0.5, 0.6) is 5.75 Å². The fourth-order valence-corrected chi connectivity index (χ4v) is 4.45. The van der Waals surface area contributed by atoms with E-state index < -0.39 is 16.1 Å². The zero-order chi connectivity index (χ0) is 20.1. The lowest BCUT2D eigenvalue weighted by atomic mass is 10.2. The van der Waals surface area contributed by atoms with E-state index in [0.717, 1.165) is 16.3 Å². The second-order valence-electron chi connectivity index (χ2n) is 6.80. The predicted molar refractivity (Wildman–Crippen MR) is 110 cm³/mol. The van der Waals surface area contributed by atoms with Crippen molar-refractivity contribution in [3.05, 3.63) is 23.2 Å². The Morgan fingerprint density at radius 3 is 2.50 bits per heavy atom. The summed E-state index contributed by atoms with van der Waals surface area (Å²) in [6.07, 6.45) is 1.05. The predicted octanol–water partition coefficient (Wildman–Crippen LogP) is 3.15. The maximum atomic E-state index is 12.5. The average molecular weight is 423 g/mol. The number of rotatable bonds is 8. The minimum absolute atomic E-state index is 0.100. The van der Waals surface area contributed by atoms with E-state index in [2.05, 4.69) is 26.1 Å². The van der Waals surface area contributed by atoms with Gasteiger partial charge in [-0.1, -0.05) is 32.4 Å². The molecule has 0 aliphatic heterocycles. The third-order valence-electron chi connectivity index (χ3n) is 3.40. The number of sulfonamides is 1. The number of hydrogen-bond donors (Lipinski definition) is 1. The van der Waals surface area contributed by atoms with Crippen LogP contribution in [0.3, 0.4) is 0 Å². The molecule has 0 aliphatic rings. The second-order valence-corrected chi connectivity index (χ2v) is 11.0. The quantitative estimate of drug-likeness (QED) is 0.651. The van der Waals surface area contributed by atoms with Gasteiger partial charge in [0.25, 0.3) is 0 Å². The number of nitrogens with zero attached hydrogens (tertiary/aromatic N) is 1. The number of amides is 1. The van der Waals surface area contributed by atoms with E-state index >= 15 is 0 Å². The van der Waals surface area contributed by atoms with Gasteiger partial charge in [0.05, 0.1) is 19.1 Å². The van der Waals surface area contributed by atoms with E-state index in [1.54, 1.807) is 23.9 Å². The van der Waals surface area contributed by atoms with Crippen molar-refractivity contribution >= 4 is 45.0 Å². The Balaban J connectivity index is 3.01. The molecule has 0 heterocycles. The summed E-state index contributed by atoms with van der Waals surface area (Å²) in [5, 5.41) is 3.14. The number of carbonyl (C=O) groups is 1. The highest BCUT2D eigenvalue weighted by Gasteiger charge is 2.31. The number of hydrogen-bond acceptors (Lipinski definition) is 5. The van der Waals surface area contributed by atoms with E-state index in [-0.39, 0.29) is 16.3 Å². The van der Waals surface area contributed by atoms with Gasteiger partial charge in [-0.05, 0) is 25.1 Å². The first-order chi connectivity index (χ1) is 11.9. The van der Waals surface area contributed by atoms with Gasteiger partial charge in [0.15, 0.2) is 0 Å². The summed E-state index contributed by atoms with van der Waals surface area (Å²) in [6.45, 7) is 8.28. The molecule has 1 aromatic carbocycles. The van der Waals surface area contributed by atoms with E-state index in [1.165, 1.54) is 20.1 Å². The Labute approximate surface area is 165 Å². The van der Waals surface area contributed by atoms with E-state index in [9.17, 15) is 13.2 Å². The molecule has 1 aromatic rings. The molecule has 1 amide bonds. The summed E-state index contributed by atoms with van der Waals surface area (Å²) < 4.78 is 31.1. The van der Waals surface area contributed by atoms with Crippen molar-refractivity contribution in [3.63, 3.8) is 0 Å². The van der Waals surface area contributed by atoms with Gasteiger partial charge in [-0.25, -0.2) is 8.42 Å². The Bertz CT molecular complexity index is 733. The maximum Gasteiger partial charge on any atom is 0.243 e. The van der Waals surface area contributed by atoms with Crippen LogP contribution in [0.25, 0.3) is 0 Å². The van der Waals surface area contributed by atoms with E-state index in [1.807, 2.05) is 0 Å². The van der Waals surface area contributed by atoms with Crippen LogP contribution in [0.1, 0.15) is 27.7 Å². The van der Waals surface area contributed by atoms with Gasteiger partial charge in [-0.15, -0.1) is 0 Å². The van der Waals surface area contributed by atoms with Gasteiger partial charge in [-0.2, -0.15) is 11.8 Å². The van der Waals surface area contributed by atoms with Crippen molar-refractivity contribution in [2.24, 2.45) is 0 Å². The van der Waals surface area contributed by atoms with Crippen LogP contribution < -0.4 is 14.4 Å². The number of nitrogens with one attached hydrogen (secondary N) is 1. The van der Waals surface area contributed by atoms with Gasteiger partial charge in [0.2, 0.25) is 15.9 Å². The SMILES string of the molecule is COc1ccc(Cl)cc1N([C@H](C)C(=O)NCCSC(C)(C)C)S(C)(=O)=O. The van der Waals surface area contributed by atoms with Gasteiger partial charge < -0.3 is 10.1 Å². The van der Waals surface area contributed by atoms with E-state index in [4.69, 9.17) is 16.3 Å². The summed E-state index contributed by atoms with van der Waals surface area (Å²) >= 11 is 7.74. The Morgan fingerprint density at radius 2 is 2.00 bits per heavy atom. The molecule has 9 heteroatoms. The van der Waals surface area contributed by atoms with Crippen molar-refractivity contribution in [1.82, 2.24) is 5.32 Å². The third kappa shape index (κ3) is 6.89. The number of methoxy groups -OCH3 is 1. The highest BCUT2D eigenvalue weighted by Crippen LogP contribution is 2.34. The van der Waals surface area contributed by atoms with Crippen LogP contribution in [0.2, 0.25) is 5.02 Å². The Morgan fingerprint density at radius 1 is 1.38 bits per heavy atom. The summed E-state index contributed by atoms with van der Waals surface area (Å²) in [4.78, 5) is 12.5. The van der Waals surface area contributed by atoms with Gasteiger partial charge in [0.1, 0.15) is 11.8 Å². The second kappa shape index (κ2) is 9.19. The molecule has 1 atom stereocenters. The smallest absolute Gasteiger partial charge is 0.243 e. The lowest BCUT2D eigenvalue weighted by Gasteiger charge is -2.29. The monoisotopic (exact) mass is 422 g/mol. The average Bonchev–Trinajstić information content (AvgIpc) is 2.49. The number of halogens is 1. The van der Waals surface area contributed by atoms with E-state index in [0.29, 0.717) is 17.3 Å². The van der Waals surface area contributed by atoms with Gasteiger partial charge in [-0.3, -0.25) is 9.10 Å². The molecular formula is C17H27ClN2O4S2. The molecule has 0 radical (unpaired) electrons. The molecule has 0 aromatic heterocycles. The molecule has 6 nitrogen and oxygen atoms in total. The zero-order valence-corrected chi connectivity index (χ0v) is 18.4. The van der Waals surface area contributed by atoms with Crippen molar-refractivity contribution in [1.29, 1.82) is 0 Å². The van der Waals surface area contributed by atoms with Gasteiger partial charge >= 0.3 is 0 Å². The van der Waals surface area contributed by atoms with Crippen LogP contribution in [0, 0.1) is 0 Å². The molecule has 148 valence electrons. The number of anilines is 1. The molecule has 0 fully saturated rings. The topological polar surface area (TPSA) is 75.7 Å². The first kappa shape index (κ1) is 22.9. The molecule has 1 N–H and O–H groups in total. The highest BCUT2D eigenvalue weighted by atomic mass is 35.5. The van der Waals surface area contributed by atoms with Crippen LogP contribution in [0.15, 0.2) is 18.2 Å². The molecule has 0 spiro atoms. The Kier molecular flexibility index (Phi) is 8.10. The number of carbonyl (C=O) groups excluding carboxylic acids is 1. The van der Waals surface area contributed by atoms with Crippen LogP contribution in [0.4, 0.5) is 5.69 Å². The fraction of sp³-hybridized carbons (Fsp3) is 0.588. The molecule has 1 rings (SSSR count). The summed E-state index contributed by atoms with van der Waals surface area (Å²) in [5.41, 5.74) is 0.231. The highest BCUT2D eigenvalue weighted by molar-refractivity contribution is 8.00. The van der Waals surface area contributed by atoms with Crippen molar-refractivity contribution in [2.75, 3.05) is 30.0 Å². The number of benzene rings is 1. The number of thioether (sulfide) groups is 1. The lowest BCUT2D eigenvalue weighted by Crippen LogP contribution is -2.48. The third-order valence-corrected chi connectivity index (χ3v) is 6.14. The minimum Gasteiger partial charge on any atom is -0.495 e. The zero-order valence-electron chi connectivity index (χ0n) is 16.0. The number of ether oxygens (including phenoxy) is 1. The first-order valence-corrected chi connectivity index (χ1v) is 11.3. The molecule has 0 bridgehead atoms. The van der Waals surface area contributed by atoms with Crippen molar-refractivity contribution < 1.29 is 17.9 Å². The van der Waals surface area contributed by atoms with Crippen molar-refractivity contribution in [2.45, 2.75) is 38.5 Å². The Hall–Kier alpha value is -1.12. The molecule has 0 aliphatic carbocycles. The standard InChI is InChI=1S/C17H27ClN2O4S2/c1-12(16(21)19-9-10-25-17(2,3)4)20(26(6,22)23)14-11-13(18)7-8-15(14)24-5/h7-8,11-12H,9-10H2,1-6H3,(H,19,21)/t12-/m1/s1. The summed E-state index contributed by atoms with van der Waals surface area (Å²) in [7, 11) is -2.30. The van der Waals surface area contributed by atoms with Crippen LogP contribution >= 0.6 is 23.4 Å². The van der Waals surface area contributed by atoms with Crippen molar-refractivity contribution in [3.8, 4) is 5.75 Å². The molecule has 26 heavy (non-hydrogen) atoms. The molecule has 0 saturated carbocycles. The summed E-state index contributed by atoms with van der Waals surface area (Å²) in [5.74, 6) is 0.677. The summed E-state index contributed by atoms with van der Waals surface area (Å²) in [6, 6.07) is 3.69. The van der Waals surface area contributed by atoms with Crippen LogP contribution in [-0.4, -0.2) is 50.8 Å². The minimum atomic E-state index is -3.74.